The van der Waals surface area contributed by atoms with E-state index >= 15 is 0 Å². The minimum atomic E-state index is -0.0157. The zero-order chi connectivity index (χ0) is 13.2. The van der Waals surface area contributed by atoms with Crippen LogP contribution in [0.3, 0.4) is 0 Å². The Morgan fingerprint density at radius 2 is 2.26 bits per heavy atom. The summed E-state index contributed by atoms with van der Waals surface area (Å²) in [5.41, 5.74) is -0.0157. The number of fused-ring (bicyclic) bond motifs is 1. The summed E-state index contributed by atoms with van der Waals surface area (Å²) >= 11 is 3.23. The van der Waals surface area contributed by atoms with Crippen LogP contribution in [-0.2, 0) is 0 Å². The molecule has 19 heavy (non-hydrogen) atoms. The Morgan fingerprint density at radius 1 is 1.47 bits per heavy atom. The number of hydrogen-bond acceptors (Lipinski definition) is 5. The van der Waals surface area contributed by atoms with E-state index in [1.807, 2.05) is 13.0 Å². The summed E-state index contributed by atoms with van der Waals surface area (Å²) in [5.74, 6) is 0.985. The fourth-order valence-electron chi connectivity index (χ4n) is 2.38. The normalized spacial score (nSPS) is 16.5. The Morgan fingerprint density at radius 3 is 3.05 bits per heavy atom. The first-order valence-corrected chi connectivity index (χ1v) is 8.38. The average molecular weight is 295 g/mol. The van der Waals surface area contributed by atoms with Gasteiger partial charge in [0, 0.05) is 17.2 Å². The van der Waals surface area contributed by atoms with Crippen molar-refractivity contribution in [3.05, 3.63) is 21.3 Å². The van der Waals surface area contributed by atoms with Crippen LogP contribution in [0.15, 0.2) is 16.0 Å². The van der Waals surface area contributed by atoms with E-state index in [9.17, 15) is 4.79 Å². The highest BCUT2D eigenvalue weighted by atomic mass is 32.2. The Balaban J connectivity index is 1.68. The number of H-pyrrole nitrogens is 1. The molecule has 2 aromatic rings. The molecular weight excluding hydrogens is 278 g/mol. The monoisotopic (exact) mass is 295 g/mol. The van der Waals surface area contributed by atoms with Gasteiger partial charge in [-0.3, -0.25) is 4.79 Å². The topological polar surface area (TPSA) is 49.0 Å². The lowest BCUT2D eigenvalue weighted by molar-refractivity contribution is 0.362. The highest BCUT2D eigenvalue weighted by Crippen LogP contribution is 2.22. The lowest BCUT2D eigenvalue weighted by atomic mass is 10.4. The molecule has 1 saturated heterocycles. The van der Waals surface area contributed by atoms with Gasteiger partial charge in [-0.15, -0.1) is 11.3 Å². The molecule has 4 nitrogen and oxygen atoms in total. The van der Waals surface area contributed by atoms with Crippen molar-refractivity contribution in [2.24, 2.45) is 0 Å². The van der Waals surface area contributed by atoms with Crippen LogP contribution in [-0.4, -0.2) is 40.3 Å². The number of aromatic amines is 1. The maximum absolute atomic E-state index is 11.9. The van der Waals surface area contributed by atoms with Crippen LogP contribution < -0.4 is 5.56 Å². The summed E-state index contributed by atoms with van der Waals surface area (Å²) in [6.07, 6.45) is 2.64. The molecule has 6 heteroatoms. The van der Waals surface area contributed by atoms with Gasteiger partial charge in [-0.25, -0.2) is 4.98 Å². The third kappa shape index (κ3) is 3.01. The van der Waals surface area contributed by atoms with Gasteiger partial charge in [0.2, 0.25) is 0 Å². The predicted octanol–water partition coefficient (Wildman–Crippen LogP) is 2.48. The molecular formula is C13H17N3OS2. The molecule has 0 atom stereocenters. The van der Waals surface area contributed by atoms with Crippen LogP contribution in [0, 0.1) is 6.92 Å². The lowest BCUT2D eigenvalue weighted by Gasteiger charge is -2.13. The first-order valence-electron chi connectivity index (χ1n) is 6.58. The predicted molar refractivity (Wildman–Crippen MR) is 81.4 cm³/mol. The van der Waals surface area contributed by atoms with E-state index in [1.165, 1.54) is 25.9 Å². The molecule has 0 spiro atoms. The van der Waals surface area contributed by atoms with Gasteiger partial charge in [0.1, 0.15) is 4.83 Å². The first kappa shape index (κ1) is 13.1. The van der Waals surface area contributed by atoms with Gasteiger partial charge < -0.3 is 9.88 Å². The van der Waals surface area contributed by atoms with Crippen molar-refractivity contribution in [1.29, 1.82) is 0 Å². The number of aromatic nitrogens is 2. The summed E-state index contributed by atoms with van der Waals surface area (Å²) in [7, 11) is 0. The minimum Gasteiger partial charge on any atom is -0.303 e. The smallest absolute Gasteiger partial charge is 0.260 e. The molecule has 2 aromatic heterocycles. The number of hydrogen-bond donors (Lipinski definition) is 1. The Bertz CT molecular complexity index is 628. The number of thioether (sulfide) groups is 1. The van der Waals surface area contributed by atoms with Crippen molar-refractivity contribution in [1.82, 2.24) is 14.9 Å². The van der Waals surface area contributed by atoms with Crippen molar-refractivity contribution < 1.29 is 0 Å². The maximum Gasteiger partial charge on any atom is 0.260 e. The lowest BCUT2D eigenvalue weighted by Crippen LogP contribution is -2.22. The molecule has 0 aliphatic carbocycles. The first-order chi connectivity index (χ1) is 9.22. The molecule has 102 valence electrons. The molecule has 0 amide bonds. The molecule has 0 aromatic carbocycles. The van der Waals surface area contributed by atoms with E-state index in [0.29, 0.717) is 5.39 Å². The van der Waals surface area contributed by atoms with Crippen LogP contribution in [0.4, 0.5) is 0 Å². The van der Waals surface area contributed by atoms with Gasteiger partial charge in [-0.05, 0) is 38.9 Å². The fourth-order valence-corrected chi connectivity index (χ4v) is 4.18. The zero-order valence-corrected chi connectivity index (χ0v) is 12.6. The summed E-state index contributed by atoms with van der Waals surface area (Å²) < 4.78 is 0. The third-order valence-corrected chi connectivity index (χ3v) is 5.15. The van der Waals surface area contributed by atoms with E-state index in [1.54, 1.807) is 23.1 Å². The number of nitrogens with one attached hydrogen (secondary N) is 1. The molecule has 1 aliphatic heterocycles. The van der Waals surface area contributed by atoms with E-state index in [2.05, 4.69) is 14.9 Å². The van der Waals surface area contributed by atoms with Crippen LogP contribution in [0.5, 0.6) is 0 Å². The second kappa shape index (κ2) is 5.64. The maximum atomic E-state index is 11.9. The standard InChI is InChI=1S/C13H17N3OS2/c1-9-8-10-11(17)14-13(15-12(10)19-9)18-7-6-16-4-2-3-5-16/h8H,2-7H2,1H3,(H,14,15,17). The van der Waals surface area contributed by atoms with Gasteiger partial charge in [0.05, 0.1) is 5.39 Å². The number of thiophene rings is 1. The number of likely N-dealkylation sites (tertiary alicyclic amines) is 1. The average Bonchev–Trinajstić information content (AvgIpc) is 2.98. The summed E-state index contributed by atoms with van der Waals surface area (Å²) in [5, 5.41) is 1.46. The van der Waals surface area contributed by atoms with E-state index in [0.717, 1.165) is 27.2 Å². The van der Waals surface area contributed by atoms with E-state index in [4.69, 9.17) is 0 Å². The second-order valence-electron chi connectivity index (χ2n) is 4.84. The molecule has 3 rings (SSSR count). The van der Waals surface area contributed by atoms with Gasteiger partial charge in [-0.1, -0.05) is 11.8 Å². The summed E-state index contributed by atoms with van der Waals surface area (Å²) in [6, 6.07) is 1.91. The molecule has 1 N–H and O–H groups in total. The quantitative estimate of drug-likeness (QED) is 0.695. The van der Waals surface area contributed by atoms with E-state index < -0.39 is 0 Å². The van der Waals surface area contributed by atoms with Crippen molar-refractivity contribution in [2.45, 2.75) is 24.9 Å². The van der Waals surface area contributed by atoms with Gasteiger partial charge in [0.15, 0.2) is 5.16 Å². The SMILES string of the molecule is Cc1cc2c(=O)[nH]c(SCCN3CCCC3)nc2s1. The van der Waals surface area contributed by atoms with Crippen molar-refractivity contribution in [3.8, 4) is 0 Å². The van der Waals surface area contributed by atoms with Gasteiger partial charge in [0.25, 0.3) is 5.56 Å². The molecule has 1 aliphatic rings. The van der Waals surface area contributed by atoms with Gasteiger partial charge in [-0.2, -0.15) is 0 Å². The van der Waals surface area contributed by atoms with Crippen LogP contribution >= 0.6 is 23.1 Å². The molecule has 0 radical (unpaired) electrons. The summed E-state index contributed by atoms with van der Waals surface area (Å²) in [4.78, 5) is 23.8. The van der Waals surface area contributed by atoms with E-state index in [-0.39, 0.29) is 5.56 Å². The molecule has 1 fully saturated rings. The second-order valence-corrected chi connectivity index (χ2v) is 7.16. The van der Waals surface area contributed by atoms with Crippen LogP contribution in [0.1, 0.15) is 17.7 Å². The van der Waals surface area contributed by atoms with Crippen LogP contribution in [0.2, 0.25) is 0 Å². The molecule has 0 unspecified atom stereocenters. The fraction of sp³-hybridized carbons (Fsp3) is 0.538. The van der Waals surface area contributed by atoms with Gasteiger partial charge >= 0.3 is 0 Å². The number of aryl methyl sites for hydroxylation is 1. The summed E-state index contributed by atoms with van der Waals surface area (Å²) in [6.45, 7) is 5.52. The Hall–Kier alpha value is -0.850. The Kier molecular flexibility index (Phi) is 3.91. The minimum absolute atomic E-state index is 0.0157. The van der Waals surface area contributed by atoms with Crippen molar-refractivity contribution in [3.63, 3.8) is 0 Å². The zero-order valence-electron chi connectivity index (χ0n) is 10.9. The highest BCUT2D eigenvalue weighted by Gasteiger charge is 2.12. The Labute approximate surface area is 120 Å². The van der Waals surface area contributed by atoms with Crippen molar-refractivity contribution >= 4 is 33.3 Å². The number of rotatable bonds is 4. The molecule has 0 saturated carbocycles. The molecule has 3 heterocycles. The van der Waals surface area contributed by atoms with Crippen molar-refractivity contribution in [2.75, 3.05) is 25.4 Å². The highest BCUT2D eigenvalue weighted by molar-refractivity contribution is 7.99. The third-order valence-electron chi connectivity index (χ3n) is 3.35. The molecule has 0 bridgehead atoms. The largest absolute Gasteiger partial charge is 0.303 e. The number of nitrogens with zero attached hydrogens (tertiary/aromatic N) is 2. The van der Waals surface area contributed by atoms with Crippen LogP contribution in [0.25, 0.3) is 10.2 Å².